The van der Waals surface area contributed by atoms with E-state index >= 15 is 0 Å². The van der Waals surface area contributed by atoms with Gasteiger partial charge in [-0.2, -0.15) is 0 Å². The molecule has 0 spiro atoms. The van der Waals surface area contributed by atoms with Gasteiger partial charge >= 0.3 is 0 Å². The second-order valence-corrected chi connectivity index (χ2v) is 7.73. The van der Waals surface area contributed by atoms with E-state index in [4.69, 9.17) is 9.47 Å². The molecule has 0 fully saturated rings. The monoisotopic (exact) mass is 426 g/mol. The first-order chi connectivity index (χ1) is 14.5. The number of aromatic nitrogens is 3. The largest absolute Gasteiger partial charge is 0.495 e. The van der Waals surface area contributed by atoms with Gasteiger partial charge in [0.2, 0.25) is 5.91 Å². The predicted molar refractivity (Wildman–Crippen MR) is 118 cm³/mol. The van der Waals surface area contributed by atoms with Crippen LogP contribution in [0.3, 0.4) is 0 Å². The van der Waals surface area contributed by atoms with Gasteiger partial charge in [-0.3, -0.25) is 4.79 Å². The summed E-state index contributed by atoms with van der Waals surface area (Å²) in [6, 6.07) is 13.4. The van der Waals surface area contributed by atoms with Crippen LogP contribution in [-0.2, 0) is 17.9 Å². The first-order valence-electron chi connectivity index (χ1n) is 9.69. The molecule has 3 aromatic rings. The van der Waals surface area contributed by atoms with Gasteiger partial charge in [0.1, 0.15) is 18.1 Å². The van der Waals surface area contributed by atoms with Crippen LogP contribution in [0.5, 0.6) is 11.5 Å². The maximum atomic E-state index is 12.4. The van der Waals surface area contributed by atoms with Crippen molar-refractivity contribution < 1.29 is 14.3 Å². The predicted octanol–water partition coefficient (Wildman–Crippen LogP) is 4.23. The molecule has 3 rings (SSSR count). The van der Waals surface area contributed by atoms with Crippen LogP contribution < -0.4 is 14.8 Å². The van der Waals surface area contributed by atoms with Crippen LogP contribution in [0.25, 0.3) is 0 Å². The van der Waals surface area contributed by atoms with E-state index in [2.05, 4.69) is 21.6 Å². The molecule has 0 aliphatic carbocycles. The van der Waals surface area contributed by atoms with Gasteiger partial charge in [0.25, 0.3) is 0 Å². The maximum Gasteiger partial charge on any atom is 0.234 e. The summed E-state index contributed by atoms with van der Waals surface area (Å²) in [5.74, 6) is 2.24. The second-order valence-electron chi connectivity index (χ2n) is 6.79. The Morgan fingerprint density at radius 1 is 1.13 bits per heavy atom. The number of nitrogens with zero attached hydrogens (tertiary/aromatic N) is 3. The van der Waals surface area contributed by atoms with Crippen molar-refractivity contribution in [3.8, 4) is 11.5 Å². The van der Waals surface area contributed by atoms with Crippen LogP contribution in [0.15, 0.2) is 47.6 Å². The molecule has 30 heavy (non-hydrogen) atoms. The molecule has 0 saturated heterocycles. The third-order valence-corrected chi connectivity index (χ3v) is 5.35. The Bertz CT molecular complexity index is 999. The fraction of sp³-hybridized carbons (Fsp3) is 0.318. The molecule has 158 valence electrons. The first-order valence-corrected chi connectivity index (χ1v) is 10.7. The van der Waals surface area contributed by atoms with E-state index in [0.717, 1.165) is 22.7 Å². The highest BCUT2D eigenvalue weighted by Crippen LogP contribution is 2.24. The van der Waals surface area contributed by atoms with Gasteiger partial charge in [-0.05, 0) is 56.2 Å². The highest BCUT2D eigenvalue weighted by atomic mass is 32.2. The van der Waals surface area contributed by atoms with E-state index in [0.29, 0.717) is 29.7 Å². The number of benzene rings is 2. The third-order valence-electron chi connectivity index (χ3n) is 4.39. The van der Waals surface area contributed by atoms with Gasteiger partial charge < -0.3 is 19.4 Å². The molecule has 1 aromatic heterocycles. The number of anilines is 1. The number of thioether (sulfide) groups is 1. The summed E-state index contributed by atoms with van der Waals surface area (Å²) in [6.45, 7) is 7.10. The van der Waals surface area contributed by atoms with Crippen molar-refractivity contribution in [2.24, 2.45) is 0 Å². The minimum Gasteiger partial charge on any atom is -0.495 e. The minimum atomic E-state index is -0.136. The number of ether oxygens (including phenoxy) is 2. The van der Waals surface area contributed by atoms with Crippen LogP contribution in [0.4, 0.5) is 5.69 Å². The lowest BCUT2D eigenvalue weighted by Crippen LogP contribution is -2.15. The third kappa shape index (κ3) is 5.54. The molecular formula is C22H26N4O3S. The summed E-state index contributed by atoms with van der Waals surface area (Å²) in [5, 5.41) is 12.0. The summed E-state index contributed by atoms with van der Waals surface area (Å²) in [5.41, 5.74) is 2.95. The Morgan fingerprint density at radius 2 is 1.87 bits per heavy atom. The molecule has 0 aliphatic rings. The van der Waals surface area contributed by atoms with Gasteiger partial charge in [-0.25, -0.2) is 0 Å². The molecule has 0 radical (unpaired) electrons. The number of para-hydroxylation sites is 2. The van der Waals surface area contributed by atoms with E-state index in [1.165, 1.54) is 11.8 Å². The normalized spacial score (nSPS) is 10.7. The van der Waals surface area contributed by atoms with Crippen molar-refractivity contribution in [3.05, 3.63) is 59.4 Å². The number of methoxy groups -OCH3 is 1. The van der Waals surface area contributed by atoms with Crippen LogP contribution >= 0.6 is 11.8 Å². The number of nitrogens with one attached hydrogen (secondary N) is 1. The zero-order valence-electron chi connectivity index (χ0n) is 17.6. The van der Waals surface area contributed by atoms with Gasteiger partial charge in [-0.1, -0.05) is 30.0 Å². The number of hydrogen-bond donors (Lipinski definition) is 1. The number of amides is 1. The van der Waals surface area contributed by atoms with E-state index in [1.54, 1.807) is 19.2 Å². The quantitative estimate of drug-likeness (QED) is 0.516. The Morgan fingerprint density at radius 3 is 2.57 bits per heavy atom. The van der Waals surface area contributed by atoms with Crippen LogP contribution in [0, 0.1) is 13.8 Å². The van der Waals surface area contributed by atoms with Crippen LogP contribution in [-0.4, -0.2) is 33.5 Å². The number of aryl methyl sites for hydroxylation is 2. The zero-order valence-corrected chi connectivity index (χ0v) is 18.5. The van der Waals surface area contributed by atoms with Gasteiger partial charge in [0.05, 0.1) is 18.6 Å². The molecule has 1 amide bonds. The van der Waals surface area contributed by atoms with Gasteiger partial charge in [-0.15, -0.1) is 10.2 Å². The second kappa shape index (κ2) is 10.2. The Balaban J connectivity index is 1.60. The first kappa shape index (κ1) is 21.7. The van der Waals surface area contributed by atoms with Crippen molar-refractivity contribution in [3.63, 3.8) is 0 Å². The smallest absolute Gasteiger partial charge is 0.234 e. The van der Waals surface area contributed by atoms with Gasteiger partial charge in [0, 0.05) is 6.54 Å². The number of rotatable bonds is 9. The molecule has 1 heterocycles. The molecule has 0 bridgehead atoms. The molecule has 0 saturated carbocycles. The van der Waals surface area contributed by atoms with Gasteiger partial charge in [0.15, 0.2) is 11.0 Å². The van der Waals surface area contributed by atoms with Crippen molar-refractivity contribution >= 4 is 23.4 Å². The topological polar surface area (TPSA) is 78.3 Å². The number of carbonyl (C=O) groups is 1. The van der Waals surface area contributed by atoms with E-state index in [1.807, 2.05) is 49.6 Å². The lowest BCUT2D eigenvalue weighted by atomic mass is 10.1. The molecule has 1 N–H and O–H groups in total. The molecule has 8 heteroatoms. The van der Waals surface area contributed by atoms with Crippen LogP contribution in [0.2, 0.25) is 0 Å². The highest BCUT2D eigenvalue weighted by Gasteiger charge is 2.15. The molecule has 0 unspecified atom stereocenters. The summed E-state index contributed by atoms with van der Waals surface area (Å²) >= 11 is 1.34. The van der Waals surface area contributed by atoms with Crippen molar-refractivity contribution in [1.29, 1.82) is 0 Å². The fourth-order valence-electron chi connectivity index (χ4n) is 3.08. The number of hydrogen-bond acceptors (Lipinski definition) is 6. The average molecular weight is 427 g/mol. The molecule has 7 nitrogen and oxygen atoms in total. The highest BCUT2D eigenvalue weighted by molar-refractivity contribution is 7.99. The van der Waals surface area contributed by atoms with Crippen molar-refractivity contribution in [2.75, 3.05) is 18.2 Å². The van der Waals surface area contributed by atoms with Crippen molar-refractivity contribution in [2.45, 2.75) is 39.1 Å². The summed E-state index contributed by atoms with van der Waals surface area (Å²) in [7, 11) is 1.57. The molecule has 2 aromatic carbocycles. The fourth-order valence-corrected chi connectivity index (χ4v) is 3.90. The minimum absolute atomic E-state index is 0.136. The molecule has 0 atom stereocenters. The summed E-state index contributed by atoms with van der Waals surface area (Å²) in [6.07, 6.45) is 0. The van der Waals surface area contributed by atoms with Crippen molar-refractivity contribution in [1.82, 2.24) is 14.8 Å². The summed E-state index contributed by atoms with van der Waals surface area (Å²) < 4.78 is 13.1. The molecule has 0 aliphatic heterocycles. The van der Waals surface area contributed by atoms with E-state index in [-0.39, 0.29) is 11.7 Å². The van der Waals surface area contributed by atoms with Crippen LogP contribution in [0.1, 0.15) is 23.9 Å². The lowest BCUT2D eigenvalue weighted by molar-refractivity contribution is -0.113. The standard InChI is InChI=1S/C22H26N4O3S/c1-5-26-20(13-29-17-11-15(2)10-16(3)12-17)24-25-22(26)30-14-21(27)23-18-8-6-7-9-19(18)28-4/h6-12H,5,13-14H2,1-4H3,(H,23,27). The van der Waals surface area contributed by atoms with E-state index in [9.17, 15) is 4.79 Å². The average Bonchev–Trinajstić information content (AvgIpc) is 3.12. The number of carbonyl (C=O) groups excluding carboxylic acids is 1. The Hall–Kier alpha value is -3.00. The SMILES string of the molecule is CCn1c(COc2cc(C)cc(C)c2)nnc1SCC(=O)Nc1ccccc1OC. The Kier molecular flexibility index (Phi) is 7.35. The van der Waals surface area contributed by atoms with E-state index < -0.39 is 0 Å². The zero-order chi connectivity index (χ0) is 21.5. The lowest BCUT2D eigenvalue weighted by Gasteiger charge is -2.11. The maximum absolute atomic E-state index is 12.4. The summed E-state index contributed by atoms with van der Waals surface area (Å²) in [4.78, 5) is 12.4. The Labute approximate surface area is 180 Å². The molecular weight excluding hydrogens is 400 g/mol.